The lowest BCUT2D eigenvalue weighted by molar-refractivity contribution is 0.0735. The van der Waals surface area contributed by atoms with Crippen molar-refractivity contribution in [1.82, 2.24) is 29.8 Å². The Kier molecular flexibility index (Phi) is 4.38. The third-order valence-electron chi connectivity index (χ3n) is 4.82. The number of hydrogen-bond acceptors (Lipinski definition) is 5. The average Bonchev–Trinajstić information content (AvgIpc) is 3.30. The van der Waals surface area contributed by atoms with E-state index in [0.29, 0.717) is 11.2 Å². The van der Waals surface area contributed by atoms with Crippen molar-refractivity contribution in [1.29, 1.82) is 0 Å². The van der Waals surface area contributed by atoms with E-state index in [1.165, 1.54) is 15.6 Å². The van der Waals surface area contributed by atoms with E-state index >= 15 is 0 Å². The molecule has 1 saturated heterocycles. The number of carbonyl (C=O) groups is 1. The zero-order valence-corrected chi connectivity index (χ0v) is 15.0. The first-order valence-corrected chi connectivity index (χ1v) is 8.84. The molecule has 3 aromatic rings. The van der Waals surface area contributed by atoms with Gasteiger partial charge in [-0.2, -0.15) is 4.52 Å². The van der Waals surface area contributed by atoms with Crippen LogP contribution in [0.5, 0.6) is 0 Å². The van der Waals surface area contributed by atoms with Gasteiger partial charge in [-0.25, -0.2) is 0 Å². The van der Waals surface area contributed by atoms with Gasteiger partial charge in [0.25, 0.3) is 5.91 Å². The number of pyridine rings is 1. The van der Waals surface area contributed by atoms with E-state index in [4.69, 9.17) is 0 Å². The molecule has 0 N–H and O–H groups in total. The van der Waals surface area contributed by atoms with Crippen molar-refractivity contribution in [2.24, 2.45) is 0 Å². The summed E-state index contributed by atoms with van der Waals surface area (Å²) in [6, 6.07) is 12.3. The van der Waals surface area contributed by atoms with E-state index in [1.54, 1.807) is 18.3 Å². The van der Waals surface area contributed by atoms with Crippen molar-refractivity contribution < 1.29 is 4.79 Å². The van der Waals surface area contributed by atoms with Crippen molar-refractivity contribution in [2.45, 2.75) is 25.4 Å². The van der Waals surface area contributed by atoms with Gasteiger partial charge in [-0.05, 0) is 60.6 Å². The van der Waals surface area contributed by atoms with Crippen molar-refractivity contribution in [2.75, 3.05) is 20.6 Å². The highest BCUT2D eigenvalue weighted by Gasteiger charge is 2.30. The molecule has 0 bridgehead atoms. The molecule has 0 spiro atoms. The van der Waals surface area contributed by atoms with Crippen LogP contribution in [0.25, 0.3) is 5.65 Å². The van der Waals surface area contributed by atoms with Crippen molar-refractivity contribution in [3.8, 4) is 0 Å². The maximum absolute atomic E-state index is 13.0. The Hall–Kier alpha value is -2.80. The number of amides is 1. The largest absolute Gasteiger partial charge is 0.332 e. The van der Waals surface area contributed by atoms with Gasteiger partial charge in [-0.15, -0.1) is 5.10 Å². The first kappa shape index (κ1) is 16.7. The van der Waals surface area contributed by atoms with Crippen LogP contribution in [-0.2, 0) is 6.54 Å². The summed E-state index contributed by atoms with van der Waals surface area (Å²) in [6.45, 7) is 1.69. The summed E-state index contributed by atoms with van der Waals surface area (Å²) in [6.07, 6.45) is 3.71. The molecule has 1 aliphatic rings. The lowest BCUT2D eigenvalue weighted by Crippen LogP contribution is -2.30. The molecule has 0 radical (unpaired) electrons. The summed E-state index contributed by atoms with van der Waals surface area (Å²) in [4.78, 5) is 17.2. The van der Waals surface area contributed by atoms with Crippen LogP contribution in [0.3, 0.4) is 0 Å². The van der Waals surface area contributed by atoms with Crippen LogP contribution in [0.1, 0.15) is 40.4 Å². The Bertz CT molecular complexity index is 917. The number of tetrazole rings is 1. The summed E-state index contributed by atoms with van der Waals surface area (Å²) in [5, 5.41) is 11.4. The highest BCUT2D eigenvalue weighted by Crippen LogP contribution is 2.33. The lowest BCUT2D eigenvalue weighted by atomic mass is 10.0. The van der Waals surface area contributed by atoms with Crippen LogP contribution >= 0.6 is 0 Å². The van der Waals surface area contributed by atoms with Gasteiger partial charge in [0.05, 0.1) is 11.6 Å². The van der Waals surface area contributed by atoms with Gasteiger partial charge in [0, 0.05) is 19.3 Å². The molecule has 1 aliphatic heterocycles. The van der Waals surface area contributed by atoms with Crippen LogP contribution in [0.2, 0.25) is 0 Å². The fraction of sp³-hybridized carbons (Fsp3) is 0.368. The zero-order chi connectivity index (χ0) is 18.1. The number of rotatable bonds is 4. The molecular weight excluding hydrogens is 328 g/mol. The minimum Gasteiger partial charge on any atom is -0.332 e. The van der Waals surface area contributed by atoms with Crippen LogP contribution in [0.4, 0.5) is 0 Å². The molecule has 1 amide bonds. The second kappa shape index (κ2) is 6.84. The molecule has 1 fully saturated rings. The molecule has 2 aromatic heterocycles. The van der Waals surface area contributed by atoms with Crippen LogP contribution in [0, 0.1) is 0 Å². The summed E-state index contributed by atoms with van der Waals surface area (Å²) in [5.74, 6) is 0.0299. The molecular formula is C19H22N6O. The number of carbonyl (C=O) groups excluding carboxylic acids is 1. The van der Waals surface area contributed by atoms with Crippen LogP contribution in [-0.4, -0.2) is 56.4 Å². The Balaban J connectivity index is 1.56. The van der Waals surface area contributed by atoms with E-state index in [1.807, 2.05) is 4.90 Å². The minimum absolute atomic E-state index is 0.0299. The predicted molar refractivity (Wildman–Crippen MR) is 97.6 cm³/mol. The molecule has 0 saturated carbocycles. The Labute approximate surface area is 152 Å². The predicted octanol–water partition coefficient (Wildman–Crippen LogP) is 2.16. The zero-order valence-electron chi connectivity index (χ0n) is 15.0. The quantitative estimate of drug-likeness (QED) is 0.721. The monoisotopic (exact) mass is 350 g/mol. The second-order valence-corrected chi connectivity index (χ2v) is 7.04. The standard InChI is InChI=1S/C19H22N6O/c1-23(2)12-14-5-7-15(8-6-14)17-4-3-11-24(17)19(26)16-9-10-18-20-21-22-25(18)13-16/h5-10,13,17H,3-4,11-12H2,1-2H3. The number of nitrogens with zero attached hydrogens (tertiary/aromatic N) is 6. The molecule has 3 heterocycles. The molecule has 1 atom stereocenters. The van der Waals surface area contributed by atoms with Gasteiger partial charge < -0.3 is 9.80 Å². The lowest BCUT2D eigenvalue weighted by Gasteiger charge is -2.25. The van der Waals surface area contributed by atoms with E-state index < -0.39 is 0 Å². The highest BCUT2D eigenvalue weighted by atomic mass is 16.2. The molecule has 0 aliphatic carbocycles. The van der Waals surface area contributed by atoms with E-state index in [0.717, 1.165) is 25.9 Å². The normalized spacial score (nSPS) is 17.3. The van der Waals surface area contributed by atoms with Gasteiger partial charge in [0.15, 0.2) is 5.65 Å². The number of benzene rings is 1. The average molecular weight is 350 g/mol. The van der Waals surface area contributed by atoms with Gasteiger partial charge in [0.1, 0.15) is 0 Å². The Morgan fingerprint density at radius 2 is 2.00 bits per heavy atom. The maximum atomic E-state index is 13.0. The van der Waals surface area contributed by atoms with Crippen LogP contribution < -0.4 is 0 Å². The van der Waals surface area contributed by atoms with E-state index in [9.17, 15) is 4.79 Å². The molecule has 7 nitrogen and oxygen atoms in total. The van der Waals surface area contributed by atoms with Gasteiger partial charge in [-0.3, -0.25) is 4.79 Å². The first-order valence-electron chi connectivity index (χ1n) is 8.84. The van der Waals surface area contributed by atoms with Crippen molar-refractivity contribution in [3.05, 3.63) is 59.3 Å². The third-order valence-corrected chi connectivity index (χ3v) is 4.82. The number of fused-ring (bicyclic) bond motifs is 1. The third kappa shape index (κ3) is 3.17. The second-order valence-electron chi connectivity index (χ2n) is 7.04. The van der Waals surface area contributed by atoms with Crippen molar-refractivity contribution >= 4 is 11.6 Å². The highest BCUT2D eigenvalue weighted by molar-refractivity contribution is 5.94. The maximum Gasteiger partial charge on any atom is 0.255 e. The van der Waals surface area contributed by atoms with Crippen molar-refractivity contribution in [3.63, 3.8) is 0 Å². The summed E-state index contributed by atoms with van der Waals surface area (Å²) >= 11 is 0. The SMILES string of the molecule is CN(C)Cc1ccc(C2CCCN2C(=O)c2ccc3nnnn3c2)cc1. The number of hydrogen-bond donors (Lipinski definition) is 0. The number of aromatic nitrogens is 4. The smallest absolute Gasteiger partial charge is 0.255 e. The van der Waals surface area contributed by atoms with Gasteiger partial charge in [0.2, 0.25) is 0 Å². The van der Waals surface area contributed by atoms with E-state index in [-0.39, 0.29) is 11.9 Å². The molecule has 1 aromatic carbocycles. The number of likely N-dealkylation sites (tertiary alicyclic amines) is 1. The summed E-state index contributed by atoms with van der Waals surface area (Å²) in [5.41, 5.74) is 3.72. The minimum atomic E-state index is 0.0299. The molecule has 134 valence electrons. The van der Waals surface area contributed by atoms with Gasteiger partial charge >= 0.3 is 0 Å². The Morgan fingerprint density at radius 3 is 2.77 bits per heavy atom. The summed E-state index contributed by atoms with van der Waals surface area (Å²) < 4.78 is 1.54. The molecule has 1 unspecified atom stereocenters. The molecule has 26 heavy (non-hydrogen) atoms. The van der Waals surface area contributed by atoms with Gasteiger partial charge in [-0.1, -0.05) is 24.3 Å². The summed E-state index contributed by atoms with van der Waals surface area (Å²) in [7, 11) is 4.12. The van der Waals surface area contributed by atoms with E-state index in [2.05, 4.69) is 58.8 Å². The molecule has 4 rings (SSSR count). The van der Waals surface area contributed by atoms with Crippen LogP contribution in [0.15, 0.2) is 42.6 Å². The first-order chi connectivity index (χ1) is 12.6. The topological polar surface area (TPSA) is 66.6 Å². The molecule has 7 heteroatoms. The fourth-order valence-electron chi connectivity index (χ4n) is 3.60. The fourth-order valence-corrected chi connectivity index (χ4v) is 3.60. The Morgan fingerprint density at radius 1 is 1.19 bits per heavy atom.